The Morgan fingerprint density at radius 2 is 2.15 bits per heavy atom. The summed E-state index contributed by atoms with van der Waals surface area (Å²) in [5, 5.41) is 0. The van der Waals surface area contributed by atoms with Gasteiger partial charge in [-0.1, -0.05) is 11.6 Å². The highest BCUT2D eigenvalue weighted by atomic mass is 35.5. The third kappa shape index (κ3) is 2.01. The van der Waals surface area contributed by atoms with Crippen LogP contribution in [0.5, 0.6) is 0 Å². The smallest absolute Gasteiger partial charge is 0.156 e. The van der Waals surface area contributed by atoms with Gasteiger partial charge in [0, 0.05) is 11.3 Å². The van der Waals surface area contributed by atoms with E-state index in [4.69, 9.17) is 11.6 Å². The van der Waals surface area contributed by atoms with Gasteiger partial charge < -0.3 is 0 Å². The topological polar surface area (TPSA) is 17.1 Å². The predicted octanol–water partition coefficient (Wildman–Crippen LogP) is 3.54. The minimum absolute atomic E-state index is 0.241. The van der Waals surface area contributed by atoms with Gasteiger partial charge in [-0.15, -0.1) is 11.3 Å². The number of carbonyl (C=O) groups excluding carboxylic acids is 1. The Kier molecular flexibility index (Phi) is 2.51. The van der Waals surface area contributed by atoms with E-state index in [1.807, 2.05) is 12.1 Å². The van der Waals surface area contributed by atoms with Crippen molar-refractivity contribution in [1.29, 1.82) is 0 Å². The molecule has 0 aromatic carbocycles. The standard InChI is InChI=1S/C10H9ClOS/c11-10-5-4-9(13-10)7-2-1-3-8(12)6-7/h4-6H,1-3H2. The Labute approximate surface area is 86.0 Å². The number of thiophene rings is 1. The second-order valence-electron chi connectivity index (χ2n) is 3.09. The quantitative estimate of drug-likeness (QED) is 0.696. The number of hydrogen-bond donors (Lipinski definition) is 0. The summed E-state index contributed by atoms with van der Waals surface area (Å²) in [6.45, 7) is 0. The third-order valence-electron chi connectivity index (χ3n) is 2.09. The van der Waals surface area contributed by atoms with E-state index >= 15 is 0 Å². The number of carbonyl (C=O) groups is 1. The molecule has 3 heteroatoms. The molecule has 0 saturated carbocycles. The summed E-state index contributed by atoms with van der Waals surface area (Å²) < 4.78 is 0.786. The fourth-order valence-corrected chi connectivity index (χ4v) is 2.56. The average Bonchev–Trinajstić information content (AvgIpc) is 2.52. The van der Waals surface area contributed by atoms with Crippen molar-refractivity contribution in [2.45, 2.75) is 19.3 Å². The number of ketones is 1. The van der Waals surface area contributed by atoms with Crippen LogP contribution in [0.1, 0.15) is 24.1 Å². The van der Waals surface area contributed by atoms with Gasteiger partial charge in [0.15, 0.2) is 5.78 Å². The van der Waals surface area contributed by atoms with E-state index in [1.54, 1.807) is 17.4 Å². The highest BCUT2D eigenvalue weighted by Crippen LogP contribution is 2.32. The minimum Gasteiger partial charge on any atom is -0.295 e. The first-order valence-electron chi connectivity index (χ1n) is 4.25. The summed E-state index contributed by atoms with van der Waals surface area (Å²) in [5.74, 6) is 0.241. The van der Waals surface area contributed by atoms with Crippen LogP contribution in [0.25, 0.3) is 5.57 Å². The van der Waals surface area contributed by atoms with Gasteiger partial charge in [-0.05, 0) is 36.6 Å². The Morgan fingerprint density at radius 3 is 2.77 bits per heavy atom. The molecule has 13 heavy (non-hydrogen) atoms. The fraction of sp³-hybridized carbons (Fsp3) is 0.300. The molecule has 0 unspecified atom stereocenters. The van der Waals surface area contributed by atoms with Crippen molar-refractivity contribution in [3.05, 3.63) is 27.4 Å². The van der Waals surface area contributed by atoms with E-state index in [0.29, 0.717) is 6.42 Å². The highest BCUT2D eigenvalue weighted by molar-refractivity contribution is 7.17. The van der Waals surface area contributed by atoms with E-state index in [1.165, 1.54) is 0 Å². The Morgan fingerprint density at radius 1 is 1.31 bits per heavy atom. The molecule has 0 spiro atoms. The summed E-state index contributed by atoms with van der Waals surface area (Å²) in [4.78, 5) is 12.3. The molecular weight excluding hydrogens is 204 g/mol. The van der Waals surface area contributed by atoms with Crippen LogP contribution in [0.4, 0.5) is 0 Å². The van der Waals surface area contributed by atoms with Gasteiger partial charge in [0.25, 0.3) is 0 Å². The maximum absolute atomic E-state index is 11.1. The van der Waals surface area contributed by atoms with Gasteiger partial charge >= 0.3 is 0 Å². The molecule has 0 N–H and O–H groups in total. The van der Waals surface area contributed by atoms with Crippen LogP contribution in [0, 0.1) is 0 Å². The summed E-state index contributed by atoms with van der Waals surface area (Å²) in [6, 6.07) is 3.86. The van der Waals surface area contributed by atoms with Gasteiger partial charge in [0.05, 0.1) is 4.34 Å². The molecule has 1 nitrogen and oxygen atoms in total. The first-order chi connectivity index (χ1) is 6.25. The van der Waals surface area contributed by atoms with Crippen LogP contribution in [-0.4, -0.2) is 5.78 Å². The van der Waals surface area contributed by atoms with Crippen LogP contribution < -0.4 is 0 Å². The molecule has 2 rings (SSSR count). The van der Waals surface area contributed by atoms with Gasteiger partial charge in [-0.3, -0.25) is 4.79 Å². The highest BCUT2D eigenvalue weighted by Gasteiger charge is 2.12. The second kappa shape index (κ2) is 3.64. The zero-order valence-corrected chi connectivity index (χ0v) is 8.62. The van der Waals surface area contributed by atoms with Crippen molar-refractivity contribution in [3.8, 4) is 0 Å². The molecule has 1 aliphatic rings. The van der Waals surface area contributed by atoms with E-state index in [2.05, 4.69) is 0 Å². The molecule has 0 aliphatic heterocycles. The van der Waals surface area contributed by atoms with Crippen LogP contribution in [-0.2, 0) is 4.79 Å². The van der Waals surface area contributed by atoms with Crippen LogP contribution in [0.2, 0.25) is 4.34 Å². The van der Waals surface area contributed by atoms with Crippen LogP contribution in [0.15, 0.2) is 18.2 Å². The van der Waals surface area contributed by atoms with Crippen molar-refractivity contribution in [2.75, 3.05) is 0 Å². The molecule has 1 aromatic rings. The summed E-state index contributed by atoms with van der Waals surface area (Å²) in [7, 11) is 0. The normalized spacial score (nSPS) is 17.3. The van der Waals surface area contributed by atoms with Gasteiger partial charge in [-0.25, -0.2) is 0 Å². The van der Waals surface area contributed by atoms with Crippen molar-refractivity contribution in [2.24, 2.45) is 0 Å². The Hall–Kier alpha value is -0.600. The Bertz CT molecular complexity index is 365. The lowest BCUT2D eigenvalue weighted by Crippen LogP contribution is -2.00. The van der Waals surface area contributed by atoms with E-state index < -0.39 is 0 Å². The van der Waals surface area contributed by atoms with E-state index in [9.17, 15) is 4.79 Å². The number of hydrogen-bond acceptors (Lipinski definition) is 2. The number of halogens is 1. The largest absolute Gasteiger partial charge is 0.295 e. The molecule has 0 fully saturated rings. The van der Waals surface area contributed by atoms with Crippen molar-refractivity contribution in [3.63, 3.8) is 0 Å². The van der Waals surface area contributed by atoms with Crippen molar-refractivity contribution >= 4 is 34.3 Å². The molecule has 0 radical (unpaired) electrons. The lowest BCUT2D eigenvalue weighted by atomic mass is 9.98. The first-order valence-corrected chi connectivity index (χ1v) is 5.44. The fourth-order valence-electron chi connectivity index (χ4n) is 1.47. The zero-order chi connectivity index (χ0) is 9.26. The molecule has 0 saturated heterocycles. The van der Waals surface area contributed by atoms with Gasteiger partial charge in [-0.2, -0.15) is 0 Å². The van der Waals surface area contributed by atoms with Crippen molar-refractivity contribution in [1.82, 2.24) is 0 Å². The SMILES string of the molecule is O=C1C=C(c2ccc(Cl)s2)CCC1. The number of allylic oxidation sites excluding steroid dienone is 2. The van der Waals surface area contributed by atoms with Crippen LogP contribution in [0.3, 0.4) is 0 Å². The number of rotatable bonds is 1. The second-order valence-corrected chi connectivity index (χ2v) is 4.81. The molecule has 0 bridgehead atoms. The lowest BCUT2D eigenvalue weighted by molar-refractivity contribution is -0.114. The van der Waals surface area contributed by atoms with Crippen molar-refractivity contribution < 1.29 is 4.79 Å². The maximum atomic E-state index is 11.1. The first kappa shape index (κ1) is 8.97. The monoisotopic (exact) mass is 212 g/mol. The summed E-state index contributed by atoms with van der Waals surface area (Å²) >= 11 is 7.36. The summed E-state index contributed by atoms with van der Waals surface area (Å²) in [5.41, 5.74) is 1.15. The predicted molar refractivity (Wildman–Crippen MR) is 56.2 cm³/mol. The van der Waals surface area contributed by atoms with Crippen LogP contribution >= 0.6 is 22.9 Å². The molecule has 1 aliphatic carbocycles. The lowest BCUT2D eigenvalue weighted by Gasteiger charge is -2.09. The van der Waals surface area contributed by atoms with E-state index in [0.717, 1.165) is 27.6 Å². The maximum Gasteiger partial charge on any atom is 0.156 e. The van der Waals surface area contributed by atoms with Gasteiger partial charge in [0.2, 0.25) is 0 Å². The summed E-state index contributed by atoms with van der Waals surface area (Å²) in [6.07, 6.45) is 4.43. The molecule has 68 valence electrons. The average molecular weight is 213 g/mol. The minimum atomic E-state index is 0.241. The third-order valence-corrected chi connectivity index (χ3v) is 3.40. The van der Waals surface area contributed by atoms with Gasteiger partial charge in [0.1, 0.15) is 0 Å². The molecule has 0 amide bonds. The zero-order valence-electron chi connectivity index (χ0n) is 7.05. The molecular formula is C10H9ClOS. The Balaban J connectivity index is 2.30. The molecule has 1 heterocycles. The molecule has 1 aromatic heterocycles. The molecule has 0 atom stereocenters. The van der Waals surface area contributed by atoms with E-state index in [-0.39, 0.29) is 5.78 Å².